The maximum absolute atomic E-state index is 11.3. The third-order valence-electron chi connectivity index (χ3n) is 3.43. The fourth-order valence-corrected chi connectivity index (χ4v) is 2.33. The van der Waals surface area contributed by atoms with Gasteiger partial charge in [0.05, 0.1) is 0 Å². The van der Waals surface area contributed by atoms with Crippen molar-refractivity contribution in [2.45, 2.75) is 64.5 Å². The van der Waals surface area contributed by atoms with Crippen molar-refractivity contribution in [3.63, 3.8) is 0 Å². The Labute approximate surface area is 87.7 Å². The Morgan fingerprint density at radius 2 is 2.29 bits per heavy atom. The second kappa shape index (κ2) is 5.50. The first-order valence-electron chi connectivity index (χ1n) is 5.88. The first-order valence-corrected chi connectivity index (χ1v) is 5.88. The lowest BCUT2D eigenvalue weighted by molar-refractivity contribution is -0.122. The number of ketones is 1. The Morgan fingerprint density at radius 3 is 2.86 bits per heavy atom. The molecular formula is C12H23NO. The van der Waals surface area contributed by atoms with E-state index in [1.54, 1.807) is 0 Å². The van der Waals surface area contributed by atoms with Crippen molar-refractivity contribution in [3.05, 3.63) is 0 Å². The van der Waals surface area contributed by atoms with Crippen molar-refractivity contribution in [3.8, 4) is 0 Å². The van der Waals surface area contributed by atoms with Crippen LogP contribution in [-0.4, -0.2) is 29.8 Å². The van der Waals surface area contributed by atoms with Crippen molar-refractivity contribution in [1.29, 1.82) is 0 Å². The molecule has 82 valence electrons. The van der Waals surface area contributed by atoms with Gasteiger partial charge in [-0.25, -0.2) is 0 Å². The molecule has 0 heterocycles. The monoisotopic (exact) mass is 197 g/mol. The molecule has 1 saturated carbocycles. The van der Waals surface area contributed by atoms with Crippen LogP contribution >= 0.6 is 0 Å². The van der Waals surface area contributed by atoms with E-state index in [1.807, 2.05) is 0 Å². The van der Waals surface area contributed by atoms with E-state index < -0.39 is 0 Å². The maximum Gasteiger partial charge on any atom is 0.134 e. The molecule has 2 nitrogen and oxygen atoms in total. The molecule has 1 fully saturated rings. The minimum absolute atomic E-state index is 0.455. The molecule has 0 amide bonds. The number of rotatable bonds is 4. The van der Waals surface area contributed by atoms with Gasteiger partial charge in [-0.2, -0.15) is 0 Å². The summed E-state index contributed by atoms with van der Waals surface area (Å²) in [4.78, 5) is 13.7. The van der Waals surface area contributed by atoms with E-state index in [1.165, 1.54) is 19.3 Å². The van der Waals surface area contributed by atoms with Gasteiger partial charge in [-0.3, -0.25) is 4.79 Å². The molecule has 1 rings (SSSR count). The Morgan fingerprint density at radius 1 is 1.57 bits per heavy atom. The Bertz CT molecular complexity index is 191. The quantitative estimate of drug-likeness (QED) is 0.690. The van der Waals surface area contributed by atoms with E-state index in [4.69, 9.17) is 0 Å². The van der Waals surface area contributed by atoms with E-state index in [2.05, 4.69) is 25.8 Å². The van der Waals surface area contributed by atoms with E-state index in [0.29, 0.717) is 17.9 Å². The summed E-state index contributed by atoms with van der Waals surface area (Å²) in [5.41, 5.74) is 0. The fraction of sp³-hybridized carbons (Fsp3) is 0.917. The van der Waals surface area contributed by atoms with Gasteiger partial charge in [0.15, 0.2) is 0 Å². The fourth-order valence-electron chi connectivity index (χ4n) is 2.33. The average Bonchev–Trinajstić information content (AvgIpc) is 2.17. The zero-order chi connectivity index (χ0) is 10.6. The average molecular weight is 197 g/mol. The van der Waals surface area contributed by atoms with Crippen molar-refractivity contribution in [1.82, 2.24) is 4.90 Å². The van der Waals surface area contributed by atoms with Gasteiger partial charge in [0.1, 0.15) is 5.78 Å². The van der Waals surface area contributed by atoms with Crippen LogP contribution in [0, 0.1) is 0 Å². The van der Waals surface area contributed by atoms with Crippen molar-refractivity contribution in [2.24, 2.45) is 0 Å². The summed E-state index contributed by atoms with van der Waals surface area (Å²) in [6.07, 6.45) is 6.35. The largest absolute Gasteiger partial charge is 0.300 e. The third kappa shape index (κ3) is 3.09. The zero-order valence-corrected chi connectivity index (χ0v) is 9.75. The molecule has 0 spiro atoms. The molecule has 0 aliphatic heterocycles. The summed E-state index contributed by atoms with van der Waals surface area (Å²) in [5, 5.41) is 0. The first kappa shape index (κ1) is 11.7. The minimum Gasteiger partial charge on any atom is -0.300 e. The molecule has 1 aliphatic rings. The van der Waals surface area contributed by atoms with Crippen LogP contribution in [0.5, 0.6) is 0 Å². The molecule has 1 aliphatic carbocycles. The molecule has 0 saturated heterocycles. The predicted molar refractivity (Wildman–Crippen MR) is 59.4 cm³/mol. The smallest absolute Gasteiger partial charge is 0.134 e. The number of hydrogen-bond acceptors (Lipinski definition) is 2. The van der Waals surface area contributed by atoms with Crippen molar-refractivity contribution < 1.29 is 4.79 Å². The Kier molecular flexibility index (Phi) is 4.59. The predicted octanol–water partition coefficient (Wildman–Crippen LogP) is 2.62. The van der Waals surface area contributed by atoms with Gasteiger partial charge in [0.25, 0.3) is 0 Å². The van der Waals surface area contributed by atoms with Gasteiger partial charge in [-0.1, -0.05) is 13.3 Å². The van der Waals surface area contributed by atoms with E-state index >= 15 is 0 Å². The van der Waals surface area contributed by atoms with Gasteiger partial charge < -0.3 is 4.90 Å². The normalized spacial score (nSPS) is 25.4. The van der Waals surface area contributed by atoms with Crippen LogP contribution in [-0.2, 0) is 4.79 Å². The summed E-state index contributed by atoms with van der Waals surface area (Å²) in [6.45, 7) is 4.49. The van der Waals surface area contributed by atoms with Crippen LogP contribution in [0.25, 0.3) is 0 Å². The minimum atomic E-state index is 0.455. The van der Waals surface area contributed by atoms with Gasteiger partial charge in [-0.15, -0.1) is 0 Å². The van der Waals surface area contributed by atoms with Crippen molar-refractivity contribution >= 4 is 5.78 Å². The van der Waals surface area contributed by atoms with Crippen LogP contribution in [0.2, 0.25) is 0 Å². The van der Waals surface area contributed by atoms with E-state index in [-0.39, 0.29) is 0 Å². The molecule has 0 N–H and O–H groups in total. The third-order valence-corrected chi connectivity index (χ3v) is 3.43. The highest BCUT2D eigenvalue weighted by atomic mass is 16.1. The number of nitrogens with zero attached hydrogens (tertiary/aromatic N) is 1. The standard InChI is InChI=1S/C12H23NO/c1-4-6-10(2)13(3)11-7-5-8-12(14)9-11/h10-11H,4-9H2,1-3H3. The van der Waals surface area contributed by atoms with E-state index in [9.17, 15) is 4.79 Å². The summed E-state index contributed by atoms with van der Waals surface area (Å²) >= 11 is 0. The van der Waals surface area contributed by atoms with Crippen molar-refractivity contribution in [2.75, 3.05) is 7.05 Å². The lowest BCUT2D eigenvalue weighted by Crippen LogP contribution is -2.41. The Balaban J connectivity index is 2.42. The molecule has 2 unspecified atom stereocenters. The van der Waals surface area contributed by atoms with Gasteiger partial charge >= 0.3 is 0 Å². The highest BCUT2D eigenvalue weighted by Gasteiger charge is 2.25. The van der Waals surface area contributed by atoms with E-state index in [0.717, 1.165) is 19.3 Å². The Hall–Kier alpha value is -0.370. The molecule has 2 atom stereocenters. The summed E-state index contributed by atoms with van der Waals surface area (Å²) < 4.78 is 0. The SMILES string of the molecule is CCCC(C)N(C)C1CCCC(=O)C1. The maximum atomic E-state index is 11.3. The van der Waals surface area contributed by atoms with Gasteiger partial charge in [0.2, 0.25) is 0 Å². The first-order chi connectivity index (χ1) is 6.65. The van der Waals surface area contributed by atoms with Gasteiger partial charge in [-0.05, 0) is 33.2 Å². The number of carbonyl (C=O) groups is 1. The van der Waals surface area contributed by atoms with Gasteiger partial charge in [0, 0.05) is 24.9 Å². The molecule has 0 aromatic carbocycles. The van der Waals surface area contributed by atoms with Crippen LogP contribution < -0.4 is 0 Å². The molecule has 0 radical (unpaired) electrons. The topological polar surface area (TPSA) is 20.3 Å². The lowest BCUT2D eigenvalue weighted by Gasteiger charge is -2.35. The highest BCUT2D eigenvalue weighted by Crippen LogP contribution is 2.21. The molecular weight excluding hydrogens is 174 g/mol. The second-order valence-electron chi connectivity index (χ2n) is 4.59. The summed E-state index contributed by atoms with van der Waals surface area (Å²) in [6, 6.07) is 1.13. The zero-order valence-electron chi connectivity index (χ0n) is 9.75. The van der Waals surface area contributed by atoms with Crippen LogP contribution in [0.1, 0.15) is 52.4 Å². The number of carbonyl (C=O) groups excluding carboxylic acids is 1. The van der Waals surface area contributed by atoms with Crippen LogP contribution in [0.3, 0.4) is 0 Å². The molecule has 0 bridgehead atoms. The second-order valence-corrected chi connectivity index (χ2v) is 4.59. The number of hydrogen-bond donors (Lipinski definition) is 0. The molecule has 2 heteroatoms. The number of Topliss-reactive ketones (excluding diaryl/α,β-unsaturated/α-hetero) is 1. The lowest BCUT2D eigenvalue weighted by atomic mass is 9.92. The summed E-state index contributed by atoms with van der Waals surface area (Å²) in [7, 11) is 2.17. The summed E-state index contributed by atoms with van der Waals surface area (Å²) in [5.74, 6) is 0.455. The van der Waals surface area contributed by atoms with Crippen LogP contribution in [0.15, 0.2) is 0 Å². The highest BCUT2D eigenvalue weighted by molar-refractivity contribution is 5.79. The van der Waals surface area contributed by atoms with Crippen LogP contribution in [0.4, 0.5) is 0 Å². The molecule has 14 heavy (non-hydrogen) atoms. The molecule has 0 aromatic rings. The molecule has 0 aromatic heterocycles.